The molecule has 0 aliphatic heterocycles. The number of hydrogen-bond acceptors (Lipinski definition) is 5. The fraction of sp³-hybridized carbons (Fsp3) is 0.375. The van der Waals surface area contributed by atoms with Gasteiger partial charge in [-0.15, -0.1) is 0 Å². The Morgan fingerprint density at radius 1 is 1.14 bits per heavy atom. The Morgan fingerprint density at radius 2 is 1.86 bits per heavy atom. The Morgan fingerprint density at radius 3 is 2.52 bits per heavy atom. The van der Waals surface area contributed by atoms with E-state index in [4.69, 9.17) is 15.2 Å². The fourth-order valence-corrected chi connectivity index (χ4v) is 2.66. The minimum atomic E-state index is 0.0580. The summed E-state index contributed by atoms with van der Waals surface area (Å²) in [4.78, 5) is 9.14. The predicted molar refractivity (Wildman–Crippen MR) is 80.4 cm³/mol. The van der Waals surface area contributed by atoms with Crippen LogP contribution < -0.4 is 15.2 Å². The molecule has 1 unspecified atom stereocenters. The highest BCUT2D eigenvalue weighted by atomic mass is 16.5. The molecule has 0 spiro atoms. The molecule has 21 heavy (non-hydrogen) atoms. The first-order valence-electron chi connectivity index (χ1n) is 7.06. The summed E-state index contributed by atoms with van der Waals surface area (Å²) in [6.45, 7) is 0. The van der Waals surface area contributed by atoms with Crippen LogP contribution >= 0.6 is 0 Å². The van der Waals surface area contributed by atoms with Gasteiger partial charge in [-0.05, 0) is 31.4 Å². The lowest BCUT2D eigenvalue weighted by Crippen LogP contribution is -2.19. The molecule has 0 fully saturated rings. The molecular formula is C16H19N3O2. The average molecular weight is 285 g/mol. The maximum atomic E-state index is 6.11. The zero-order valence-electron chi connectivity index (χ0n) is 12.3. The second-order valence-electron chi connectivity index (χ2n) is 5.20. The van der Waals surface area contributed by atoms with E-state index in [-0.39, 0.29) is 6.04 Å². The zero-order chi connectivity index (χ0) is 14.8. The first-order chi connectivity index (χ1) is 10.2. The molecule has 0 saturated carbocycles. The van der Waals surface area contributed by atoms with Crippen LogP contribution in [0.1, 0.15) is 30.1 Å². The van der Waals surface area contributed by atoms with E-state index in [1.807, 2.05) is 24.4 Å². The number of nitrogens with zero attached hydrogens (tertiary/aromatic N) is 2. The number of ether oxygens (including phenoxy) is 2. The molecule has 2 N–H and O–H groups in total. The standard InChI is InChI=1S/C16H19N3O2/c1-20-11-6-10(7-12(8-11)21-2)16-18-9-13-14(17)4-3-5-15(13)19-16/h6-9,14H,3-5,17H2,1-2H3. The van der Waals surface area contributed by atoms with Gasteiger partial charge in [0.15, 0.2) is 5.82 Å². The van der Waals surface area contributed by atoms with Crippen molar-refractivity contribution in [3.8, 4) is 22.9 Å². The van der Waals surface area contributed by atoms with Crippen LogP contribution in [0, 0.1) is 0 Å². The van der Waals surface area contributed by atoms with Gasteiger partial charge in [0.2, 0.25) is 0 Å². The van der Waals surface area contributed by atoms with Crippen molar-refractivity contribution in [3.05, 3.63) is 35.7 Å². The summed E-state index contributed by atoms with van der Waals surface area (Å²) in [6, 6.07) is 5.71. The minimum absolute atomic E-state index is 0.0580. The third-order valence-electron chi connectivity index (χ3n) is 3.84. The van der Waals surface area contributed by atoms with Crippen molar-refractivity contribution < 1.29 is 9.47 Å². The van der Waals surface area contributed by atoms with Crippen molar-refractivity contribution >= 4 is 0 Å². The quantitative estimate of drug-likeness (QED) is 0.938. The maximum absolute atomic E-state index is 6.11. The van der Waals surface area contributed by atoms with E-state index in [1.165, 1.54) is 0 Å². The van der Waals surface area contributed by atoms with Gasteiger partial charge in [0.05, 0.1) is 14.2 Å². The Kier molecular flexibility index (Phi) is 3.75. The van der Waals surface area contributed by atoms with Crippen LogP contribution in [-0.2, 0) is 6.42 Å². The largest absolute Gasteiger partial charge is 0.497 e. The molecule has 1 aliphatic rings. The number of benzene rings is 1. The number of fused-ring (bicyclic) bond motifs is 1. The van der Waals surface area contributed by atoms with Gasteiger partial charge in [-0.25, -0.2) is 9.97 Å². The van der Waals surface area contributed by atoms with Crippen molar-refractivity contribution in [2.24, 2.45) is 5.73 Å². The van der Waals surface area contributed by atoms with Crippen LogP contribution in [0.15, 0.2) is 24.4 Å². The van der Waals surface area contributed by atoms with Gasteiger partial charge in [0.25, 0.3) is 0 Å². The molecule has 0 bridgehead atoms. The highest BCUT2D eigenvalue weighted by Crippen LogP contribution is 2.31. The molecule has 0 radical (unpaired) electrons. The van der Waals surface area contributed by atoms with Crippen LogP contribution in [0.3, 0.4) is 0 Å². The van der Waals surface area contributed by atoms with Crippen LogP contribution in [0.5, 0.6) is 11.5 Å². The number of hydrogen-bond donors (Lipinski definition) is 1. The summed E-state index contributed by atoms with van der Waals surface area (Å²) in [5, 5.41) is 0. The van der Waals surface area contributed by atoms with Crippen LogP contribution in [0.2, 0.25) is 0 Å². The van der Waals surface area contributed by atoms with Crippen molar-refractivity contribution in [2.45, 2.75) is 25.3 Å². The van der Waals surface area contributed by atoms with E-state index in [2.05, 4.69) is 9.97 Å². The molecule has 1 aromatic carbocycles. The molecule has 0 amide bonds. The lowest BCUT2D eigenvalue weighted by molar-refractivity contribution is 0.394. The SMILES string of the molecule is COc1cc(OC)cc(-c2ncc3c(n2)CCCC3N)c1. The second-order valence-corrected chi connectivity index (χ2v) is 5.20. The summed E-state index contributed by atoms with van der Waals surface area (Å²) in [7, 11) is 3.26. The summed E-state index contributed by atoms with van der Waals surface area (Å²) < 4.78 is 10.6. The van der Waals surface area contributed by atoms with Gasteiger partial charge < -0.3 is 15.2 Å². The van der Waals surface area contributed by atoms with Crippen LogP contribution in [0.25, 0.3) is 11.4 Å². The number of aromatic nitrogens is 2. The van der Waals surface area contributed by atoms with Crippen LogP contribution in [-0.4, -0.2) is 24.2 Å². The molecule has 1 aromatic heterocycles. The molecule has 1 heterocycles. The first kappa shape index (κ1) is 13.8. The molecule has 5 nitrogen and oxygen atoms in total. The highest BCUT2D eigenvalue weighted by Gasteiger charge is 2.19. The molecule has 3 rings (SSSR count). The Hall–Kier alpha value is -2.14. The number of rotatable bonds is 3. The van der Waals surface area contributed by atoms with Crippen molar-refractivity contribution in [3.63, 3.8) is 0 Å². The number of aryl methyl sites for hydroxylation is 1. The van der Waals surface area contributed by atoms with Gasteiger partial charge in [-0.1, -0.05) is 0 Å². The van der Waals surface area contributed by atoms with Gasteiger partial charge in [-0.2, -0.15) is 0 Å². The lowest BCUT2D eigenvalue weighted by atomic mass is 9.93. The Balaban J connectivity index is 2.04. The van der Waals surface area contributed by atoms with Gasteiger partial charge in [0, 0.05) is 35.1 Å². The van der Waals surface area contributed by atoms with E-state index in [9.17, 15) is 0 Å². The van der Waals surface area contributed by atoms with Crippen molar-refractivity contribution in [1.29, 1.82) is 0 Å². The van der Waals surface area contributed by atoms with E-state index in [1.54, 1.807) is 14.2 Å². The van der Waals surface area contributed by atoms with E-state index in [0.717, 1.165) is 47.6 Å². The smallest absolute Gasteiger partial charge is 0.159 e. The first-order valence-corrected chi connectivity index (χ1v) is 7.06. The minimum Gasteiger partial charge on any atom is -0.497 e. The zero-order valence-corrected chi connectivity index (χ0v) is 12.3. The second kappa shape index (κ2) is 5.69. The molecular weight excluding hydrogens is 266 g/mol. The highest BCUT2D eigenvalue weighted by molar-refractivity contribution is 5.61. The molecule has 2 aromatic rings. The lowest BCUT2D eigenvalue weighted by Gasteiger charge is -2.21. The summed E-state index contributed by atoms with van der Waals surface area (Å²) in [6.07, 6.45) is 4.89. The Bertz CT molecular complexity index is 636. The summed E-state index contributed by atoms with van der Waals surface area (Å²) in [5.74, 6) is 2.13. The van der Waals surface area contributed by atoms with Gasteiger partial charge >= 0.3 is 0 Å². The van der Waals surface area contributed by atoms with E-state index in [0.29, 0.717) is 5.82 Å². The van der Waals surface area contributed by atoms with Gasteiger partial charge in [0.1, 0.15) is 11.5 Å². The average Bonchev–Trinajstić information content (AvgIpc) is 2.54. The molecule has 1 aliphatic carbocycles. The summed E-state index contributed by atoms with van der Waals surface area (Å²) in [5.41, 5.74) is 9.11. The normalized spacial score (nSPS) is 17.2. The number of nitrogens with two attached hydrogens (primary N) is 1. The Labute approximate surface area is 124 Å². The fourth-order valence-electron chi connectivity index (χ4n) is 2.66. The third kappa shape index (κ3) is 2.69. The summed E-state index contributed by atoms with van der Waals surface area (Å²) >= 11 is 0. The van der Waals surface area contributed by atoms with Crippen molar-refractivity contribution in [2.75, 3.05) is 14.2 Å². The monoisotopic (exact) mass is 285 g/mol. The maximum Gasteiger partial charge on any atom is 0.159 e. The molecule has 5 heteroatoms. The van der Waals surface area contributed by atoms with Gasteiger partial charge in [-0.3, -0.25) is 0 Å². The van der Waals surface area contributed by atoms with Crippen molar-refractivity contribution in [1.82, 2.24) is 9.97 Å². The molecule has 110 valence electrons. The predicted octanol–water partition coefficient (Wildman–Crippen LogP) is 2.50. The third-order valence-corrected chi connectivity index (χ3v) is 3.84. The topological polar surface area (TPSA) is 70.3 Å². The van der Waals surface area contributed by atoms with E-state index < -0.39 is 0 Å². The molecule has 1 atom stereocenters. The number of methoxy groups -OCH3 is 2. The van der Waals surface area contributed by atoms with E-state index >= 15 is 0 Å². The van der Waals surface area contributed by atoms with Crippen LogP contribution in [0.4, 0.5) is 0 Å². The molecule has 0 saturated heterocycles.